The maximum absolute atomic E-state index is 6.40. The van der Waals surface area contributed by atoms with Crippen molar-refractivity contribution >= 4 is 94.6 Å². The molecule has 0 N–H and O–H groups in total. The summed E-state index contributed by atoms with van der Waals surface area (Å²) in [5.74, 6) is 0. The number of anilines is 3. The average Bonchev–Trinajstić information content (AvgIpc) is 3.96. The van der Waals surface area contributed by atoms with E-state index in [4.69, 9.17) is 4.42 Å². The molecule has 0 aliphatic heterocycles. The molecule has 12 aromatic rings. The molecule has 0 atom stereocenters. The summed E-state index contributed by atoms with van der Waals surface area (Å²) < 4.78 is 11.7. The van der Waals surface area contributed by atoms with Crippen LogP contribution in [0.15, 0.2) is 211 Å². The van der Waals surface area contributed by atoms with Crippen LogP contribution in [0.1, 0.15) is 0 Å². The summed E-state index contributed by atoms with van der Waals surface area (Å²) >= 11 is 0.326. The van der Waals surface area contributed by atoms with E-state index in [-0.39, 0.29) is 0 Å². The van der Waals surface area contributed by atoms with Gasteiger partial charge in [0.05, 0.1) is 11.0 Å². The average molecular weight is 806 g/mol. The van der Waals surface area contributed by atoms with Crippen molar-refractivity contribution in [3.05, 3.63) is 206 Å². The smallest absolute Gasteiger partial charge is 0.0547 e. The Morgan fingerprint density at radius 2 is 0.879 bits per heavy atom. The first-order chi connectivity index (χ1) is 28.7. The Morgan fingerprint density at radius 1 is 0.345 bits per heavy atom. The molecule has 3 nitrogen and oxygen atoms in total. The number of nitrogens with zero attached hydrogens (tertiary/aromatic N) is 2. The standard InChI is InChI=1S/C54H34N2OSe/c1-2-10-39(11-3-1)56-49-15-7-4-12-43(49)44-29-22-37(32-50(44)56)35-18-24-40(25-19-35)55(42-28-31-46-45-13-5-8-16-51(45)57-52(46)34-42)41-26-20-36(21-27-41)38-23-30-48-47-14-6-9-17-53(47)58-54(48)33-38/h1-34H. The van der Waals surface area contributed by atoms with Crippen LogP contribution in [0.5, 0.6) is 0 Å². The number of rotatable bonds is 6. The Labute approximate surface area is 341 Å². The summed E-state index contributed by atoms with van der Waals surface area (Å²) in [7, 11) is 0. The van der Waals surface area contributed by atoms with Gasteiger partial charge in [-0.05, 0) is 35.9 Å². The fourth-order valence-corrected chi connectivity index (χ4v) is 11.2. The van der Waals surface area contributed by atoms with Gasteiger partial charge in [0.25, 0.3) is 0 Å². The van der Waals surface area contributed by atoms with E-state index in [2.05, 4.69) is 204 Å². The predicted molar refractivity (Wildman–Crippen MR) is 246 cm³/mol. The van der Waals surface area contributed by atoms with Crippen LogP contribution in [0.25, 0.3) is 91.0 Å². The largest absolute Gasteiger partial charge is 0.0602 e. The first kappa shape index (κ1) is 33.1. The third-order valence-electron chi connectivity index (χ3n) is 11.6. The minimum absolute atomic E-state index is 0.326. The van der Waals surface area contributed by atoms with E-state index in [1.165, 1.54) is 63.4 Å². The second kappa shape index (κ2) is 13.2. The minimum Gasteiger partial charge on any atom is -0.0602 e. The van der Waals surface area contributed by atoms with Crippen molar-refractivity contribution in [2.75, 3.05) is 4.90 Å². The number of hydrogen-bond donors (Lipinski definition) is 0. The maximum Gasteiger partial charge on any atom is 0.0547 e. The zero-order chi connectivity index (χ0) is 38.2. The Kier molecular flexibility index (Phi) is 7.56. The summed E-state index contributed by atoms with van der Waals surface area (Å²) in [6, 6.07) is 74.8. The van der Waals surface area contributed by atoms with E-state index in [1.807, 2.05) is 12.1 Å². The molecule has 3 heterocycles. The topological polar surface area (TPSA) is 21.3 Å². The van der Waals surface area contributed by atoms with Crippen LogP contribution < -0.4 is 4.90 Å². The monoisotopic (exact) mass is 806 g/mol. The minimum atomic E-state index is 0.326. The van der Waals surface area contributed by atoms with Gasteiger partial charge in [0, 0.05) is 21.8 Å². The summed E-state index contributed by atoms with van der Waals surface area (Å²) in [6.07, 6.45) is 0. The van der Waals surface area contributed by atoms with Crippen LogP contribution in [-0.2, 0) is 0 Å². The summed E-state index contributed by atoms with van der Waals surface area (Å²) in [6.45, 7) is 0. The third-order valence-corrected chi connectivity index (χ3v) is 14.0. The Balaban J connectivity index is 0.952. The van der Waals surface area contributed by atoms with Crippen LogP contribution in [-0.4, -0.2) is 19.1 Å². The van der Waals surface area contributed by atoms with E-state index < -0.39 is 0 Å². The van der Waals surface area contributed by atoms with Gasteiger partial charge in [-0.1, -0.05) is 66.7 Å². The molecule has 0 bridgehead atoms. The molecule has 0 saturated heterocycles. The number of fused-ring (bicyclic) bond motifs is 9. The van der Waals surface area contributed by atoms with Gasteiger partial charge in [0.1, 0.15) is 5.58 Å². The molecule has 0 spiro atoms. The summed E-state index contributed by atoms with van der Waals surface area (Å²) in [5, 5.41) is 7.53. The molecule has 58 heavy (non-hydrogen) atoms. The summed E-state index contributed by atoms with van der Waals surface area (Å²) in [4.78, 5) is 2.33. The first-order valence-electron chi connectivity index (χ1n) is 19.7. The molecular weight excluding hydrogens is 772 g/mol. The second-order valence-corrected chi connectivity index (χ2v) is 17.2. The number of hydrogen-bond acceptors (Lipinski definition) is 2. The molecular formula is C54H34N2OSe. The zero-order valence-electron chi connectivity index (χ0n) is 31.3. The van der Waals surface area contributed by atoms with Gasteiger partial charge in [-0.25, -0.2) is 0 Å². The van der Waals surface area contributed by atoms with Crippen molar-refractivity contribution in [1.29, 1.82) is 0 Å². The van der Waals surface area contributed by atoms with Gasteiger partial charge in [0.15, 0.2) is 0 Å². The van der Waals surface area contributed by atoms with E-state index >= 15 is 0 Å². The first-order valence-corrected chi connectivity index (χ1v) is 21.4. The van der Waals surface area contributed by atoms with Gasteiger partial charge in [-0.15, -0.1) is 0 Å². The van der Waals surface area contributed by atoms with E-state index in [0.717, 1.165) is 44.7 Å². The molecule has 0 aliphatic rings. The Morgan fingerprint density at radius 3 is 1.66 bits per heavy atom. The molecule has 0 radical (unpaired) electrons. The van der Waals surface area contributed by atoms with Crippen molar-refractivity contribution in [1.82, 2.24) is 4.57 Å². The molecule has 4 heteroatoms. The maximum atomic E-state index is 6.40. The van der Waals surface area contributed by atoms with Crippen molar-refractivity contribution < 1.29 is 4.42 Å². The second-order valence-electron chi connectivity index (χ2n) is 14.9. The number of furan rings is 1. The molecule has 0 saturated carbocycles. The van der Waals surface area contributed by atoms with Crippen molar-refractivity contribution in [2.45, 2.75) is 0 Å². The van der Waals surface area contributed by atoms with Crippen molar-refractivity contribution in [3.63, 3.8) is 0 Å². The summed E-state index contributed by atoms with van der Waals surface area (Å²) in [5.41, 5.74) is 13.3. The van der Waals surface area contributed by atoms with E-state index in [9.17, 15) is 0 Å². The van der Waals surface area contributed by atoms with Crippen LogP contribution in [0.2, 0.25) is 0 Å². The molecule has 0 unspecified atom stereocenters. The molecule has 0 amide bonds. The molecule has 0 aliphatic carbocycles. The van der Waals surface area contributed by atoms with Gasteiger partial charge in [0.2, 0.25) is 0 Å². The SMILES string of the molecule is c1ccc(-n2c3ccccc3c3ccc(-c4ccc(N(c5ccc(-c6ccc7c(c6)[se]c6ccccc67)cc5)c5ccc6c(c5)oc5ccccc56)cc4)cc32)cc1. The van der Waals surface area contributed by atoms with Crippen molar-refractivity contribution in [2.24, 2.45) is 0 Å². The normalized spacial score (nSPS) is 11.8. The number of aromatic nitrogens is 1. The third kappa shape index (κ3) is 5.34. The van der Waals surface area contributed by atoms with Gasteiger partial charge in [-0.3, -0.25) is 0 Å². The van der Waals surface area contributed by atoms with Crippen LogP contribution >= 0.6 is 0 Å². The van der Waals surface area contributed by atoms with Gasteiger partial charge in [-0.2, -0.15) is 0 Å². The van der Waals surface area contributed by atoms with Gasteiger partial charge < -0.3 is 4.57 Å². The molecule has 9 aromatic carbocycles. The molecule has 272 valence electrons. The van der Waals surface area contributed by atoms with Crippen LogP contribution in [0.3, 0.4) is 0 Å². The fourth-order valence-electron chi connectivity index (χ4n) is 8.82. The van der Waals surface area contributed by atoms with E-state index in [1.54, 1.807) is 0 Å². The number of benzene rings is 9. The van der Waals surface area contributed by atoms with Crippen LogP contribution in [0, 0.1) is 0 Å². The molecule has 12 rings (SSSR count). The number of para-hydroxylation sites is 3. The van der Waals surface area contributed by atoms with Crippen LogP contribution in [0.4, 0.5) is 17.1 Å². The van der Waals surface area contributed by atoms with Gasteiger partial charge >= 0.3 is 197 Å². The zero-order valence-corrected chi connectivity index (χ0v) is 33.1. The quantitative estimate of drug-likeness (QED) is 0.156. The predicted octanol–water partition coefficient (Wildman–Crippen LogP) is 14.9. The van der Waals surface area contributed by atoms with E-state index in [0.29, 0.717) is 14.5 Å². The Hall–Kier alpha value is -7.10. The Bertz CT molecular complexity index is 3500. The fraction of sp³-hybridized carbons (Fsp3) is 0. The van der Waals surface area contributed by atoms with Crippen molar-refractivity contribution in [3.8, 4) is 27.9 Å². The molecule has 0 fully saturated rings. The molecule has 3 aromatic heterocycles.